The number of carbonyl (C=O) groups excluding carboxylic acids is 1. The molecule has 2 fully saturated rings. The summed E-state index contributed by atoms with van der Waals surface area (Å²) in [5.41, 5.74) is 0. The topological polar surface area (TPSA) is 228 Å². The van der Waals surface area contributed by atoms with Crippen LogP contribution >= 0.6 is 0 Å². The van der Waals surface area contributed by atoms with E-state index in [1.165, 1.54) is 186 Å². The number of unbranched alkanes of at least 4 members (excludes halogenated alkanes) is 34. The molecule has 2 saturated heterocycles. The van der Waals surface area contributed by atoms with E-state index in [-0.39, 0.29) is 18.9 Å². The molecule has 452 valence electrons. The average molecular weight is 1100 g/mol. The Kier molecular flexibility index (Phi) is 45.3. The summed E-state index contributed by atoms with van der Waals surface area (Å²) in [7, 11) is 0. The van der Waals surface area contributed by atoms with Gasteiger partial charge in [-0.3, -0.25) is 4.79 Å². The Balaban J connectivity index is 1.67. The standard InChI is InChI=1S/C63H117NO13/c1-3-5-7-9-11-13-15-17-19-20-21-22-23-24-25-26-27-28-29-30-31-32-33-35-37-39-41-43-45-47-55(68)64-51(52(67)46-44-42-40-38-36-34-18-16-14-12-10-8-6-4-2)50-74-62-60(73)58(71)61(54(49-66)76-62)77-63-59(72)57(70)56(69)53(48-65)75-63/h14,16,36,38,44,46,51-54,56-63,65-67,69-73H,3-13,15,17-35,37,39-43,45,47-50H2,1-2H3,(H,64,68)/b16-14+,38-36+,46-44+. The van der Waals surface area contributed by atoms with Crippen LogP contribution in [0.4, 0.5) is 0 Å². The monoisotopic (exact) mass is 1100 g/mol. The zero-order valence-corrected chi connectivity index (χ0v) is 48.7. The fourth-order valence-corrected chi connectivity index (χ4v) is 10.4. The van der Waals surface area contributed by atoms with Crippen LogP contribution < -0.4 is 5.32 Å². The van der Waals surface area contributed by atoms with E-state index in [1.807, 2.05) is 6.08 Å². The van der Waals surface area contributed by atoms with Crippen molar-refractivity contribution >= 4 is 5.91 Å². The predicted octanol–water partition coefficient (Wildman–Crippen LogP) is 11.4. The van der Waals surface area contributed by atoms with Gasteiger partial charge in [0.25, 0.3) is 0 Å². The van der Waals surface area contributed by atoms with Crippen molar-refractivity contribution in [3.63, 3.8) is 0 Å². The molecule has 0 bridgehead atoms. The number of nitrogens with one attached hydrogen (secondary N) is 1. The zero-order valence-electron chi connectivity index (χ0n) is 48.7. The summed E-state index contributed by atoms with van der Waals surface area (Å²) >= 11 is 0. The third-order valence-corrected chi connectivity index (χ3v) is 15.6. The predicted molar refractivity (Wildman–Crippen MR) is 309 cm³/mol. The van der Waals surface area contributed by atoms with E-state index in [1.54, 1.807) is 6.08 Å². The SMILES string of the molecule is CCCCCC/C=C/CC/C=C/CC/C=C/C(O)C(COC1OC(CO)C(OC2OC(CO)C(O)C(O)C2O)C(O)C1O)NC(=O)CCCCCCCCCCCCCCCCCCCCCCCCCCCCCCC. The highest BCUT2D eigenvalue weighted by molar-refractivity contribution is 5.76. The molecule has 2 aliphatic heterocycles. The lowest BCUT2D eigenvalue weighted by Crippen LogP contribution is -2.65. The molecular formula is C63H117NO13. The van der Waals surface area contributed by atoms with Gasteiger partial charge in [-0.25, -0.2) is 0 Å². The van der Waals surface area contributed by atoms with Gasteiger partial charge in [0.2, 0.25) is 5.91 Å². The van der Waals surface area contributed by atoms with Crippen molar-refractivity contribution in [2.75, 3.05) is 19.8 Å². The second-order valence-electron chi connectivity index (χ2n) is 22.5. The van der Waals surface area contributed by atoms with Crippen LogP contribution in [0.15, 0.2) is 36.5 Å². The van der Waals surface area contributed by atoms with Gasteiger partial charge in [-0.15, -0.1) is 0 Å². The number of allylic oxidation sites excluding steroid dienone is 5. The summed E-state index contributed by atoms with van der Waals surface area (Å²) in [6, 6.07) is -0.935. The zero-order chi connectivity index (χ0) is 56.0. The fraction of sp³-hybridized carbons (Fsp3) is 0.889. The van der Waals surface area contributed by atoms with Gasteiger partial charge in [0.15, 0.2) is 12.6 Å². The van der Waals surface area contributed by atoms with Gasteiger partial charge in [0, 0.05) is 6.42 Å². The minimum absolute atomic E-state index is 0.250. The number of aliphatic hydroxyl groups excluding tert-OH is 8. The third-order valence-electron chi connectivity index (χ3n) is 15.6. The van der Waals surface area contributed by atoms with E-state index < -0.39 is 86.8 Å². The molecule has 1 amide bonds. The number of carbonyl (C=O) groups is 1. The van der Waals surface area contributed by atoms with Crippen molar-refractivity contribution in [1.29, 1.82) is 0 Å². The molecule has 9 N–H and O–H groups in total. The Morgan fingerprint density at radius 1 is 0.455 bits per heavy atom. The van der Waals surface area contributed by atoms with Crippen LogP contribution in [0, 0.1) is 0 Å². The second-order valence-corrected chi connectivity index (χ2v) is 22.5. The Morgan fingerprint density at radius 3 is 1.27 bits per heavy atom. The van der Waals surface area contributed by atoms with Crippen molar-refractivity contribution < 1.29 is 64.6 Å². The second kappa shape index (κ2) is 48.9. The maximum absolute atomic E-state index is 13.3. The van der Waals surface area contributed by atoms with Crippen LogP contribution in [0.25, 0.3) is 0 Å². The van der Waals surface area contributed by atoms with Gasteiger partial charge >= 0.3 is 0 Å². The highest BCUT2D eigenvalue weighted by Gasteiger charge is 2.51. The normalized spacial score (nSPS) is 24.9. The lowest BCUT2D eigenvalue weighted by Gasteiger charge is -2.46. The molecule has 14 nitrogen and oxygen atoms in total. The quantitative estimate of drug-likeness (QED) is 0.0204. The van der Waals surface area contributed by atoms with Gasteiger partial charge < -0.3 is 65.1 Å². The molecule has 12 atom stereocenters. The maximum Gasteiger partial charge on any atom is 0.220 e. The summed E-state index contributed by atoms with van der Waals surface area (Å²) in [5.74, 6) is -0.250. The Morgan fingerprint density at radius 2 is 0.831 bits per heavy atom. The molecule has 0 aromatic heterocycles. The Labute approximate surface area is 468 Å². The van der Waals surface area contributed by atoms with E-state index in [9.17, 15) is 45.6 Å². The molecule has 0 radical (unpaired) electrons. The fourth-order valence-electron chi connectivity index (χ4n) is 10.4. The van der Waals surface area contributed by atoms with Gasteiger partial charge in [-0.2, -0.15) is 0 Å². The van der Waals surface area contributed by atoms with Crippen molar-refractivity contribution in [3.05, 3.63) is 36.5 Å². The summed E-state index contributed by atoms with van der Waals surface area (Å²) in [6.45, 7) is 2.77. The molecule has 2 heterocycles. The first-order valence-electron chi connectivity index (χ1n) is 31.7. The highest BCUT2D eigenvalue weighted by Crippen LogP contribution is 2.30. The van der Waals surface area contributed by atoms with E-state index in [0.29, 0.717) is 12.8 Å². The van der Waals surface area contributed by atoms with Crippen LogP contribution in [0.3, 0.4) is 0 Å². The number of ether oxygens (including phenoxy) is 4. The van der Waals surface area contributed by atoms with Crippen LogP contribution in [-0.2, 0) is 23.7 Å². The van der Waals surface area contributed by atoms with Gasteiger partial charge in [-0.1, -0.05) is 249 Å². The molecule has 0 aromatic rings. The van der Waals surface area contributed by atoms with Crippen LogP contribution in [0.1, 0.15) is 264 Å². The molecule has 2 rings (SSSR count). The van der Waals surface area contributed by atoms with Crippen molar-refractivity contribution in [2.45, 2.75) is 338 Å². The number of hydrogen-bond acceptors (Lipinski definition) is 13. The maximum atomic E-state index is 13.3. The molecule has 0 spiro atoms. The van der Waals surface area contributed by atoms with Gasteiger partial charge in [-0.05, 0) is 44.9 Å². The molecule has 77 heavy (non-hydrogen) atoms. The minimum Gasteiger partial charge on any atom is -0.394 e. The average Bonchev–Trinajstić information content (AvgIpc) is 3.44. The van der Waals surface area contributed by atoms with Crippen molar-refractivity contribution in [3.8, 4) is 0 Å². The first-order chi connectivity index (χ1) is 37.6. The van der Waals surface area contributed by atoms with E-state index >= 15 is 0 Å². The Hall–Kier alpha value is -1.79. The minimum atomic E-state index is -1.79. The number of hydrogen-bond donors (Lipinski definition) is 9. The van der Waals surface area contributed by atoms with Crippen LogP contribution in [0.5, 0.6) is 0 Å². The summed E-state index contributed by atoms with van der Waals surface area (Å²) in [6.07, 6.45) is 43.5. The smallest absolute Gasteiger partial charge is 0.220 e. The largest absolute Gasteiger partial charge is 0.394 e. The number of amides is 1. The molecule has 14 heteroatoms. The lowest BCUT2D eigenvalue weighted by atomic mass is 9.97. The first-order valence-corrected chi connectivity index (χ1v) is 31.7. The first kappa shape index (κ1) is 71.3. The molecule has 0 aliphatic carbocycles. The molecule has 12 unspecified atom stereocenters. The van der Waals surface area contributed by atoms with Crippen LogP contribution in [0.2, 0.25) is 0 Å². The molecule has 0 aromatic carbocycles. The molecule has 2 aliphatic rings. The molecule has 0 saturated carbocycles. The van der Waals surface area contributed by atoms with Gasteiger partial charge in [0.1, 0.15) is 48.8 Å². The third kappa shape index (κ3) is 34.3. The van der Waals surface area contributed by atoms with E-state index in [0.717, 1.165) is 44.9 Å². The summed E-state index contributed by atoms with van der Waals surface area (Å²) in [4.78, 5) is 13.3. The van der Waals surface area contributed by atoms with E-state index in [2.05, 4.69) is 43.5 Å². The van der Waals surface area contributed by atoms with Crippen LogP contribution in [-0.4, -0.2) is 140 Å². The number of aliphatic hydroxyl groups is 8. The molecular weight excluding hydrogens is 979 g/mol. The summed E-state index contributed by atoms with van der Waals surface area (Å²) < 4.78 is 22.7. The Bertz CT molecular complexity index is 1430. The summed E-state index contributed by atoms with van der Waals surface area (Å²) in [5, 5.41) is 87.0. The van der Waals surface area contributed by atoms with Gasteiger partial charge in [0.05, 0.1) is 32.0 Å². The van der Waals surface area contributed by atoms with Crippen molar-refractivity contribution in [1.82, 2.24) is 5.32 Å². The van der Waals surface area contributed by atoms with E-state index in [4.69, 9.17) is 18.9 Å². The lowest BCUT2D eigenvalue weighted by molar-refractivity contribution is -0.359. The highest BCUT2D eigenvalue weighted by atomic mass is 16.7. The number of rotatable bonds is 51. The van der Waals surface area contributed by atoms with Crippen molar-refractivity contribution in [2.24, 2.45) is 0 Å².